The van der Waals surface area contributed by atoms with Gasteiger partial charge in [-0.25, -0.2) is 4.98 Å². The van der Waals surface area contributed by atoms with Crippen LogP contribution in [0.25, 0.3) is 11.3 Å². The molecule has 2 aromatic heterocycles. The van der Waals surface area contributed by atoms with Gasteiger partial charge in [0.25, 0.3) is 0 Å². The lowest BCUT2D eigenvalue weighted by molar-refractivity contribution is 0.536. The summed E-state index contributed by atoms with van der Waals surface area (Å²) in [5.74, 6) is -0.292. The van der Waals surface area contributed by atoms with Crippen LogP contribution in [0.15, 0.2) is 47.5 Å². The Balaban J connectivity index is 1.75. The number of nitrogens with one attached hydrogen (secondary N) is 3. The highest BCUT2D eigenvalue weighted by Crippen LogP contribution is 2.23. The van der Waals surface area contributed by atoms with Crippen molar-refractivity contribution in [2.45, 2.75) is 44.4 Å². The van der Waals surface area contributed by atoms with Crippen molar-refractivity contribution in [1.29, 1.82) is 10.8 Å². The van der Waals surface area contributed by atoms with Crippen LogP contribution in [0, 0.1) is 17.7 Å². The number of benzene rings is 1. The van der Waals surface area contributed by atoms with E-state index in [0.717, 1.165) is 28.4 Å². The molecule has 0 amide bonds. The van der Waals surface area contributed by atoms with Gasteiger partial charge in [0, 0.05) is 17.0 Å². The molecule has 32 heavy (non-hydrogen) atoms. The van der Waals surface area contributed by atoms with Crippen molar-refractivity contribution in [3.05, 3.63) is 63.7 Å². The van der Waals surface area contributed by atoms with Gasteiger partial charge in [0.2, 0.25) is 11.8 Å². The van der Waals surface area contributed by atoms with E-state index in [2.05, 4.69) is 15.3 Å². The maximum atomic E-state index is 10.3. The predicted molar refractivity (Wildman–Crippen MR) is 132 cm³/mol. The summed E-state index contributed by atoms with van der Waals surface area (Å²) in [6.07, 6.45) is 1.65. The third-order valence-electron chi connectivity index (χ3n) is 4.65. The van der Waals surface area contributed by atoms with Crippen LogP contribution in [0.4, 0.5) is 0 Å². The van der Waals surface area contributed by atoms with E-state index >= 15 is 0 Å². The largest absolute Gasteiger partial charge is 0.418 e. The average molecular weight is 471 g/mol. The van der Waals surface area contributed by atoms with Crippen LogP contribution < -0.4 is 5.32 Å². The third-order valence-corrected chi connectivity index (χ3v) is 7.38. The third kappa shape index (κ3) is 5.80. The molecular weight excluding hydrogens is 442 g/mol. The molecule has 0 aliphatic carbocycles. The molecule has 0 radical (unpaired) electrons. The van der Waals surface area contributed by atoms with Crippen molar-refractivity contribution < 1.29 is 9.29 Å². The van der Waals surface area contributed by atoms with Crippen molar-refractivity contribution >= 4 is 34.3 Å². The lowest BCUT2D eigenvalue weighted by Gasteiger charge is -2.10. The molecule has 1 unspecified atom stereocenters. The fourth-order valence-electron chi connectivity index (χ4n) is 2.88. The van der Waals surface area contributed by atoms with Gasteiger partial charge >= 0.3 is 0 Å². The molecule has 0 aliphatic rings. The molecule has 168 valence electrons. The van der Waals surface area contributed by atoms with E-state index in [1.165, 1.54) is 11.3 Å². The van der Waals surface area contributed by atoms with E-state index in [0.29, 0.717) is 22.0 Å². The molecular formula is C23H28N5O2S2+. The first-order chi connectivity index (χ1) is 15.3. The number of thiophene rings is 1. The van der Waals surface area contributed by atoms with Gasteiger partial charge in [-0.1, -0.05) is 6.92 Å². The monoisotopic (exact) mass is 470 g/mol. The summed E-state index contributed by atoms with van der Waals surface area (Å²) in [6, 6.07) is 11.3. The molecule has 7 nitrogen and oxygen atoms in total. The van der Waals surface area contributed by atoms with Crippen LogP contribution in [-0.4, -0.2) is 38.1 Å². The van der Waals surface area contributed by atoms with Crippen LogP contribution in [0.2, 0.25) is 0 Å². The highest BCUT2D eigenvalue weighted by Gasteiger charge is 2.24. The summed E-state index contributed by atoms with van der Waals surface area (Å²) in [5, 5.41) is 20.0. The molecule has 4 N–H and O–H groups in total. The van der Waals surface area contributed by atoms with Crippen molar-refractivity contribution in [2.75, 3.05) is 6.54 Å². The van der Waals surface area contributed by atoms with E-state index in [1.54, 1.807) is 13.1 Å². The highest BCUT2D eigenvalue weighted by atomic mass is 32.2. The Morgan fingerprint density at radius 3 is 2.53 bits per heavy atom. The summed E-state index contributed by atoms with van der Waals surface area (Å²) >= 11 is 0.656. The zero-order valence-electron chi connectivity index (χ0n) is 18.6. The minimum absolute atomic E-state index is 0.0811. The number of aromatic nitrogens is 2. The summed E-state index contributed by atoms with van der Waals surface area (Å²) in [4.78, 5) is 11.6. The second kappa shape index (κ2) is 10.8. The quantitative estimate of drug-likeness (QED) is 0.213. The average Bonchev–Trinajstić information content (AvgIpc) is 3.26. The Bertz CT molecular complexity index is 1100. The Kier molecular flexibility index (Phi) is 8.14. The van der Waals surface area contributed by atoms with Crippen LogP contribution in [0.3, 0.4) is 0 Å². The van der Waals surface area contributed by atoms with Gasteiger partial charge in [0.05, 0.1) is 22.5 Å². The lowest BCUT2D eigenvalue weighted by Crippen LogP contribution is -2.16. The fraction of sp³-hybridized carbons (Fsp3) is 0.304. The predicted octanol–water partition coefficient (Wildman–Crippen LogP) is 4.85. The first-order valence-electron chi connectivity index (χ1n) is 10.3. The van der Waals surface area contributed by atoms with Crippen molar-refractivity contribution in [1.82, 2.24) is 15.3 Å². The second-order valence-electron chi connectivity index (χ2n) is 7.38. The van der Waals surface area contributed by atoms with Crippen LogP contribution >= 0.6 is 11.3 Å². The van der Waals surface area contributed by atoms with Gasteiger partial charge < -0.3 is 10.1 Å². The molecule has 3 aromatic rings. The van der Waals surface area contributed by atoms with Crippen molar-refractivity contribution in [3.63, 3.8) is 0 Å². The standard InChI is InChI=1S/C23H28N5O2S2/c1-5-26-12-17-8-11-20(31-17)22(24)30-23(25)21-15(4)27-13-19(28-21)16-6-9-18(10-7-16)32(29)14(2)3/h6-11,13-14,24-26,29H,5,12H2,1-4H3/q+1. The molecule has 0 bridgehead atoms. The molecule has 2 heterocycles. The van der Waals surface area contributed by atoms with Gasteiger partial charge in [-0.2, -0.15) is 4.55 Å². The van der Waals surface area contributed by atoms with E-state index in [1.807, 2.05) is 57.2 Å². The Morgan fingerprint density at radius 1 is 1.16 bits per heavy atom. The zero-order valence-corrected chi connectivity index (χ0v) is 20.2. The van der Waals surface area contributed by atoms with Crippen LogP contribution in [0.5, 0.6) is 0 Å². The van der Waals surface area contributed by atoms with Gasteiger partial charge in [-0.05, 0) is 63.7 Å². The molecule has 3 rings (SSSR count). The number of hydrogen-bond donors (Lipinski definition) is 4. The van der Waals surface area contributed by atoms with Crippen LogP contribution in [-0.2, 0) is 22.5 Å². The summed E-state index contributed by atoms with van der Waals surface area (Å²) < 4.78 is 15.8. The summed E-state index contributed by atoms with van der Waals surface area (Å²) in [7, 11) is 0. The number of rotatable bonds is 8. The number of aryl methyl sites for hydroxylation is 1. The topological polar surface area (TPSA) is 115 Å². The van der Waals surface area contributed by atoms with E-state index in [-0.39, 0.29) is 17.0 Å². The minimum Gasteiger partial charge on any atom is -0.418 e. The Hall–Kier alpha value is -2.59. The molecule has 1 atom stereocenters. The van der Waals surface area contributed by atoms with Gasteiger partial charge in [0.15, 0.2) is 21.3 Å². The molecule has 0 saturated carbocycles. The van der Waals surface area contributed by atoms with Gasteiger partial charge in [-0.15, -0.1) is 11.3 Å². The normalized spacial score (nSPS) is 12.1. The SMILES string of the molecule is CCNCc1ccc(C(=N)OC(=N)c2nc(-c3ccc([S+](O)C(C)C)cc3)cnc2C)s1. The molecule has 1 aromatic carbocycles. The first-order valence-corrected chi connectivity index (χ1v) is 12.4. The molecule has 0 saturated heterocycles. The zero-order chi connectivity index (χ0) is 23.3. The Labute approximate surface area is 195 Å². The van der Waals surface area contributed by atoms with Crippen molar-refractivity contribution in [3.8, 4) is 11.3 Å². The maximum Gasteiger partial charge on any atom is 0.241 e. The van der Waals surface area contributed by atoms with E-state index in [9.17, 15) is 4.55 Å². The van der Waals surface area contributed by atoms with E-state index in [4.69, 9.17) is 15.6 Å². The van der Waals surface area contributed by atoms with Crippen molar-refractivity contribution in [2.24, 2.45) is 0 Å². The van der Waals surface area contributed by atoms with E-state index < -0.39 is 11.2 Å². The molecule has 0 fully saturated rings. The van der Waals surface area contributed by atoms with Crippen LogP contribution in [0.1, 0.15) is 41.9 Å². The first kappa shape index (κ1) is 24.1. The summed E-state index contributed by atoms with van der Waals surface area (Å²) in [6.45, 7) is 9.39. The smallest absolute Gasteiger partial charge is 0.241 e. The molecule has 0 aliphatic heterocycles. The number of nitrogens with zero attached hydrogens (tertiary/aromatic N) is 2. The maximum absolute atomic E-state index is 10.3. The summed E-state index contributed by atoms with van der Waals surface area (Å²) in [5.41, 5.74) is 2.28. The Morgan fingerprint density at radius 2 is 1.88 bits per heavy atom. The fourth-order valence-corrected chi connectivity index (χ4v) is 4.71. The molecule has 9 heteroatoms. The van der Waals surface area contributed by atoms with Gasteiger partial charge in [-0.3, -0.25) is 15.8 Å². The molecule has 0 spiro atoms. The lowest BCUT2D eigenvalue weighted by atomic mass is 10.1. The highest BCUT2D eigenvalue weighted by molar-refractivity contribution is 7.92. The van der Waals surface area contributed by atoms with Gasteiger partial charge in [0.1, 0.15) is 5.69 Å². The number of hydrogen-bond acceptors (Lipinski definition) is 8. The minimum atomic E-state index is -0.807. The number of ether oxygens (including phenoxy) is 1. The second-order valence-corrected chi connectivity index (χ2v) is 10.6.